The summed E-state index contributed by atoms with van der Waals surface area (Å²) in [7, 11) is 3.68. The van der Waals surface area contributed by atoms with Gasteiger partial charge in [-0.05, 0) is 56.4 Å². The summed E-state index contributed by atoms with van der Waals surface area (Å²) in [5.41, 5.74) is 2.63. The molecule has 1 aromatic carbocycles. The molecule has 1 saturated heterocycles. The summed E-state index contributed by atoms with van der Waals surface area (Å²) in [6, 6.07) is 9.28. The highest BCUT2D eigenvalue weighted by Gasteiger charge is 2.46. The molecule has 3 heterocycles. The maximum Gasteiger partial charge on any atom is 0.238 e. The molecule has 0 saturated carbocycles. The lowest BCUT2D eigenvalue weighted by atomic mass is 9.84. The molecule has 9 nitrogen and oxygen atoms in total. The molecule has 1 fully saturated rings. The molecule has 1 aromatic heterocycles. The number of hydrogen-bond donors (Lipinski definition) is 3. The Morgan fingerprint density at radius 3 is 2.70 bits per heavy atom. The quantitative estimate of drug-likeness (QED) is 0.551. The van der Waals surface area contributed by atoms with Gasteiger partial charge in [0.25, 0.3) is 0 Å². The highest BCUT2D eigenvalue weighted by molar-refractivity contribution is 5.92. The van der Waals surface area contributed by atoms with Crippen LogP contribution in [0.5, 0.6) is 5.75 Å². The fourth-order valence-corrected chi connectivity index (χ4v) is 4.43. The summed E-state index contributed by atoms with van der Waals surface area (Å²) in [5.74, 6) is 0.477. The number of nitrogens with one attached hydrogen (secondary N) is 2. The molecule has 0 unspecified atom stereocenters. The van der Waals surface area contributed by atoms with Crippen molar-refractivity contribution in [3.8, 4) is 5.75 Å². The van der Waals surface area contributed by atoms with Crippen molar-refractivity contribution in [1.29, 1.82) is 0 Å². The Morgan fingerprint density at radius 2 is 1.97 bits per heavy atom. The highest BCUT2D eigenvalue weighted by Crippen LogP contribution is 2.47. The Labute approximate surface area is 193 Å². The Kier molecular flexibility index (Phi) is 7.22. The van der Waals surface area contributed by atoms with E-state index >= 15 is 0 Å². The second-order valence-corrected chi connectivity index (χ2v) is 8.78. The number of carbonyl (C=O) groups excluding carboxylic acids is 2. The minimum Gasteiger partial charge on any atom is -0.487 e. The molecule has 0 aliphatic carbocycles. The first-order valence-corrected chi connectivity index (χ1v) is 11.1. The molecule has 4 atom stereocenters. The number of aliphatic hydroxyl groups is 1. The summed E-state index contributed by atoms with van der Waals surface area (Å²) in [5, 5.41) is 15.7. The van der Waals surface area contributed by atoms with E-state index in [-0.39, 0.29) is 49.5 Å². The number of aliphatic hydroxyl groups excluding tert-OH is 1. The number of ether oxygens (including phenoxy) is 2. The molecular formula is C24H30N4O5. The van der Waals surface area contributed by atoms with Crippen LogP contribution < -0.4 is 15.4 Å². The van der Waals surface area contributed by atoms with Crippen molar-refractivity contribution in [3.63, 3.8) is 0 Å². The fraction of sp³-hybridized carbons (Fsp3) is 0.458. The van der Waals surface area contributed by atoms with Gasteiger partial charge in [-0.1, -0.05) is 0 Å². The van der Waals surface area contributed by atoms with Crippen molar-refractivity contribution in [3.05, 3.63) is 53.9 Å². The number of pyridine rings is 1. The monoisotopic (exact) mass is 454 g/mol. The minimum absolute atomic E-state index is 0.0328. The predicted molar refractivity (Wildman–Crippen MR) is 122 cm³/mol. The van der Waals surface area contributed by atoms with Crippen LogP contribution in [-0.4, -0.2) is 72.4 Å². The van der Waals surface area contributed by atoms with Crippen LogP contribution in [0.1, 0.15) is 29.9 Å². The largest absolute Gasteiger partial charge is 0.487 e. The standard InChI is InChI=1S/C24H30N4O5/c1-28(2)13-23(31)27-16-3-4-20-18(9-16)19-10-17(32-21(14-29)24(19)33-20)11-22(30)26-12-15-5-7-25-8-6-15/h3-9,17,19,21,24,29H,10-14H2,1-2H3,(H,26,30)(H,27,31)/t17-,19+,21-,24-/m1/s1. The summed E-state index contributed by atoms with van der Waals surface area (Å²) < 4.78 is 12.1. The minimum atomic E-state index is -0.527. The fourth-order valence-electron chi connectivity index (χ4n) is 4.43. The maximum absolute atomic E-state index is 12.5. The van der Waals surface area contributed by atoms with Gasteiger partial charge in [0.2, 0.25) is 11.8 Å². The Hall–Kier alpha value is -3.01. The van der Waals surface area contributed by atoms with Crippen molar-refractivity contribution < 1.29 is 24.2 Å². The third-order valence-electron chi connectivity index (χ3n) is 5.90. The smallest absolute Gasteiger partial charge is 0.238 e. The van der Waals surface area contributed by atoms with Gasteiger partial charge in [-0.2, -0.15) is 0 Å². The van der Waals surface area contributed by atoms with E-state index in [1.165, 1.54) is 0 Å². The van der Waals surface area contributed by atoms with Crippen LogP contribution in [-0.2, 0) is 20.9 Å². The molecule has 0 spiro atoms. The van der Waals surface area contributed by atoms with Gasteiger partial charge in [0.1, 0.15) is 18.0 Å². The zero-order valence-electron chi connectivity index (χ0n) is 18.9. The van der Waals surface area contributed by atoms with Gasteiger partial charge in [0, 0.05) is 36.1 Å². The maximum atomic E-state index is 12.5. The number of nitrogens with zero attached hydrogens (tertiary/aromatic N) is 2. The van der Waals surface area contributed by atoms with Crippen LogP contribution in [0.25, 0.3) is 0 Å². The van der Waals surface area contributed by atoms with Crippen LogP contribution in [0.3, 0.4) is 0 Å². The third-order valence-corrected chi connectivity index (χ3v) is 5.90. The van der Waals surface area contributed by atoms with Crippen LogP contribution >= 0.6 is 0 Å². The number of amides is 2. The molecule has 2 aliphatic heterocycles. The van der Waals surface area contributed by atoms with Gasteiger partial charge in [0.05, 0.1) is 25.7 Å². The van der Waals surface area contributed by atoms with Crippen LogP contribution in [0.2, 0.25) is 0 Å². The van der Waals surface area contributed by atoms with E-state index < -0.39 is 6.10 Å². The third kappa shape index (κ3) is 5.68. The normalized spacial score (nSPS) is 23.4. The van der Waals surface area contributed by atoms with E-state index in [0.717, 1.165) is 16.9 Å². The van der Waals surface area contributed by atoms with E-state index in [1.54, 1.807) is 17.3 Å². The Bertz CT molecular complexity index is 984. The van der Waals surface area contributed by atoms with Gasteiger partial charge >= 0.3 is 0 Å². The number of carbonyl (C=O) groups is 2. The number of anilines is 1. The molecule has 4 rings (SSSR count). The number of fused-ring (bicyclic) bond motifs is 3. The molecule has 2 amide bonds. The number of aromatic nitrogens is 1. The number of benzene rings is 1. The van der Waals surface area contributed by atoms with E-state index in [2.05, 4.69) is 15.6 Å². The first kappa shape index (κ1) is 23.2. The highest BCUT2D eigenvalue weighted by atomic mass is 16.6. The average Bonchev–Trinajstić information content (AvgIpc) is 3.15. The summed E-state index contributed by atoms with van der Waals surface area (Å²) in [4.78, 5) is 30.5. The number of rotatable bonds is 8. The first-order chi connectivity index (χ1) is 15.9. The van der Waals surface area contributed by atoms with E-state index in [0.29, 0.717) is 18.7 Å². The van der Waals surface area contributed by atoms with Crippen molar-refractivity contribution in [2.45, 2.75) is 43.6 Å². The van der Waals surface area contributed by atoms with Crippen molar-refractivity contribution in [1.82, 2.24) is 15.2 Å². The summed E-state index contributed by atoms with van der Waals surface area (Å²) in [6.45, 7) is 0.513. The average molecular weight is 455 g/mol. The van der Waals surface area contributed by atoms with Crippen LogP contribution in [0.15, 0.2) is 42.7 Å². The molecule has 2 aliphatic rings. The Balaban J connectivity index is 1.42. The van der Waals surface area contributed by atoms with Crippen LogP contribution in [0.4, 0.5) is 5.69 Å². The zero-order chi connectivity index (χ0) is 23.4. The lowest BCUT2D eigenvalue weighted by Crippen LogP contribution is -2.47. The van der Waals surface area contributed by atoms with E-state index in [9.17, 15) is 14.7 Å². The number of likely N-dealkylation sites (N-methyl/N-ethyl adjacent to an activating group) is 1. The molecular weight excluding hydrogens is 424 g/mol. The summed E-state index contributed by atoms with van der Waals surface area (Å²) >= 11 is 0. The molecule has 33 heavy (non-hydrogen) atoms. The van der Waals surface area contributed by atoms with Gasteiger partial charge in [-0.3, -0.25) is 14.6 Å². The summed E-state index contributed by atoms with van der Waals surface area (Å²) in [6.07, 6.45) is 2.96. The van der Waals surface area contributed by atoms with E-state index in [4.69, 9.17) is 9.47 Å². The lowest BCUT2D eigenvalue weighted by molar-refractivity contribution is -0.142. The molecule has 3 N–H and O–H groups in total. The first-order valence-electron chi connectivity index (χ1n) is 11.1. The van der Waals surface area contributed by atoms with Crippen molar-refractivity contribution >= 4 is 17.5 Å². The second kappa shape index (κ2) is 10.3. The SMILES string of the molecule is CN(C)CC(=O)Nc1ccc2c(c1)[C@@H]1C[C@H](CC(=O)NCc3ccncc3)O[C@H](CO)[C@@H]1O2. The van der Waals surface area contributed by atoms with Gasteiger partial charge < -0.3 is 30.1 Å². The van der Waals surface area contributed by atoms with Gasteiger partial charge in [-0.15, -0.1) is 0 Å². The van der Waals surface area contributed by atoms with Gasteiger partial charge in [-0.25, -0.2) is 0 Å². The molecule has 0 radical (unpaired) electrons. The van der Waals surface area contributed by atoms with Crippen LogP contribution in [0, 0.1) is 0 Å². The second-order valence-electron chi connectivity index (χ2n) is 8.78. The van der Waals surface area contributed by atoms with E-state index in [1.807, 2.05) is 44.4 Å². The molecule has 176 valence electrons. The molecule has 0 bridgehead atoms. The van der Waals surface area contributed by atoms with Crippen molar-refractivity contribution in [2.75, 3.05) is 32.6 Å². The topological polar surface area (TPSA) is 113 Å². The number of hydrogen-bond acceptors (Lipinski definition) is 7. The predicted octanol–water partition coefficient (Wildman–Crippen LogP) is 1.28. The lowest BCUT2D eigenvalue weighted by Gasteiger charge is -2.37. The van der Waals surface area contributed by atoms with Gasteiger partial charge in [0.15, 0.2) is 0 Å². The molecule has 2 aromatic rings. The van der Waals surface area contributed by atoms with Crippen molar-refractivity contribution in [2.24, 2.45) is 0 Å². The molecule has 9 heteroatoms. The zero-order valence-corrected chi connectivity index (χ0v) is 18.9. The Morgan fingerprint density at radius 1 is 1.18 bits per heavy atom.